The third kappa shape index (κ3) is 3.46. The number of nitrogens with one attached hydrogen (secondary N) is 1. The van der Waals surface area contributed by atoms with Crippen molar-refractivity contribution in [3.63, 3.8) is 0 Å². The van der Waals surface area contributed by atoms with Crippen molar-refractivity contribution < 1.29 is 9.18 Å². The Morgan fingerprint density at radius 3 is 2.67 bits per heavy atom. The van der Waals surface area contributed by atoms with Crippen LogP contribution in [0.1, 0.15) is 21.5 Å². The molecule has 0 aliphatic rings. The number of carbonyl (C=O) groups is 1. The maximum Gasteiger partial charge on any atom is 0.258 e. The SMILES string of the molecule is Cc1cccc(C(=O)Nc2cc(Br)ccc2C(N)=S)c1F. The van der Waals surface area contributed by atoms with Crippen molar-refractivity contribution in [2.75, 3.05) is 5.32 Å². The topological polar surface area (TPSA) is 55.1 Å². The Morgan fingerprint density at radius 2 is 2.00 bits per heavy atom. The highest BCUT2D eigenvalue weighted by Gasteiger charge is 2.15. The van der Waals surface area contributed by atoms with Crippen molar-refractivity contribution in [3.8, 4) is 0 Å². The van der Waals surface area contributed by atoms with Gasteiger partial charge in [-0.3, -0.25) is 4.79 Å². The summed E-state index contributed by atoms with van der Waals surface area (Å²) in [7, 11) is 0. The molecule has 0 spiro atoms. The minimum absolute atomic E-state index is 0.0242. The van der Waals surface area contributed by atoms with E-state index in [9.17, 15) is 9.18 Å². The summed E-state index contributed by atoms with van der Waals surface area (Å²) in [5.74, 6) is -1.09. The van der Waals surface area contributed by atoms with Crippen LogP contribution in [-0.2, 0) is 0 Å². The van der Waals surface area contributed by atoms with Crippen molar-refractivity contribution in [2.24, 2.45) is 5.73 Å². The van der Waals surface area contributed by atoms with E-state index in [1.54, 1.807) is 37.3 Å². The van der Waals surface area contributed by atoms with Crippen LogP contribution in [0.25, 0.3) is 0 Å². The number of amides is 1. The highest BCUT2D eigenvalue weighted by molar-refractivity contribution is 9.10. The first-order valence-corrected chi connectivity index (χ1v) is 7.26. The molecule has 2 aromatic rings. The van der Waals surface area contributed by atoms with Gasteiger partial charge in [-0.2, -0.15) is 0 Å². The Balaban J connectivity index is 2.38. The van der Waals surface area contributed by atoms with Gasteiger partial charge in [0, 0.05) is 10.0 Å². The lowest BCUT2D eigenvalue weighted by Gasteiger charge is -2.11. The van der Waals surface area contributed by atoms with Gasteiger partial charge in [-0.25, -0.2) is 4.39 Å². The lowest BCUT2D eigenvalue weighted by atomic mass is 10.1. The standard InChI is InChI=1S/C15H12BrFN2OS/c1-8-3-2-4-11(13(8)17)15(20)19-12-7-9(16)5-6-10(12)14(18)21/h2-7H,1H3,(H2,18,21)(H,19,20). The molecule has 2 aromatic carbocycles. The number of aryl methyl sites for hydroxylation is 1. The average molecular weight is 367 g/mol. The number of halogens is 2. The van der Waals surface area contributed by atoms with Crippen LogP contribution in [0.15, 0.2) is 40.9 Å². The van der Waals surface area contributed by atoms with Gasteiger partial charge in [0.2, 0.25) is 0 Å². The maximum absolute atomic E-state index is 14.0. The van der Waals surface area contributed by atoms with E-state index in [1.807, 2.05) is 0 Å². The second-order valence-corrected chi connectivity index (χ2v) is 5.80. The van der Waals surface area contributed by atoms with Crippen LogP contribution in [0.2, 0.25) is 0 Å². The molecule has 3 N–H and O–H groups in total. The van der Waals surface area contributed by atoms with Crippen molar-refractivity contribution in [3.05, 3.63) is 63.4 Å². The lowest BCUT2D eigenvalue weighted by molar-refractivity contribution is 0.102. The Kier molecular flexibility index (Phi) is 4.69. The van der Waals surface area contributed by atoms with Gasteiger partial charge in [0.05, 0.1) is 11.3 Å². The predicted molar refractivity (Wildman–Crippen MR) is 89.1 cm³/mol. The molecule has 0 saturated heterocycles. The Hall–Kier alpha value is -1.79. The van der Waals surface area contributed by atoms with Crippen LogP contribution in [0.4, 0.5) is 10.1 Å². The van der Waals surface area contributed by atoms with E-state index in [4.69, 9.17) is 18.0 Å². The van der Waals surface area contributed by atoms with Crippen molar-refractivity contribution >= 4 is 44.7 Å². The number of rotatable bonds is 3. The predicted octanol–water partition coefficient (Wildman–Crippen LogP) is 3.78. The molecule has 0 unspecified atom stereocenters. The zero-order chi connectivity index (χ0) is 15.6. The summed E-state index contributed by atoms with van der Waals surface area (Å²) in [6.45, 7) is 1.60. The third-order valence-corrected chi connectivity index (χ3v) is 3.64. The van der Waals surface area contributed by atoms with Crippen LogP contribution < -0.4 is 11.1 Å². The summed E-state index contributed by atoms with van der Waals surface area (Å²) < 4.78 is 14.7. The molecular weight excluding hydrogens is 355 g/mol. The minimum Gasteiger partial charge on any atom is -0.389 e. The molecule has 2 rings (SSSR count). The van der Waals surface area contributed by atoms with Crippen LogP contribution in [-0.4, -0.2) is 10.9 Å². The van der Waals surface area contributed by atoms with E-state index >= 15 is 0 Å². The summed E-state index contributed by atoms with van der Waals surface area (Å²) in [4.78, 5) is 12.4. The van der Waals surface area contributed by atoms with Crippen LogP contribution in [0.5, 0.6) is 0 Å². The number of nitrogens with two attached hydrogens (primary N) is 1. The van der Waals surface area contributed by atoms with Gasteiger partial charge in [0.15, 0.2) is 0 Å². The molecule has 1 amide bonds. The van der Waals surface area contributed by atoms with Gasteiger partial charge in [-0.1, -0.05) is 40.3 Å². The second kappa shape index (κ2) is 6.32. The molecule has 0 atom stereocenters. The first-order chi connectivity index (χ1) is 9.90. The minimum atomic E-state index is -0.549. The molecule has 0 aromatic heterocycles. The Morgan fingerprint density at radius 1 is 1.29 bits per heavy atom. The quantitative estimate of drug-likeness (QED) is 0.812. The highest BCUT2D eigenvalue weighted by atomic mass is 79.9. The van der Waals surface area contributed by atoms with Crippen LogP contribution >= 0.6 is 28.1 Å². The molecule has 21 heavy (non-hydrogen) atoms. The fourth-order valence-electron chi connectivity index (χ4n) is 1.85. The van der Waals surface area contributed by atoms with Gasteiger partial charge < -0.3 is 11.1 Å². The molecular formula is C15H12BrFN2OS. The largest absolute Gasteiger partial charge is 0.389 e. The molecule has 3 nitrogen and oxygen atoms in total. The normalized spacial score (nSPS) is 10.2. The molecule has 0 aliphatic carbocycles. The third-order valence-electron chi connectivity index (χ3n) is 2.93. The smallest absolute Gasteiger partial charge is 0.258 e. The Labute approximate surface area is 135 Å². The van der Waals surface area contributed by atoms with E-state index in [-0.39, 0.29) is 10.6 Å². The van der Waals surface area contributed by atoms with Crippen LogP contribution in [0.3, 0.4) is 0 Å². The molecule has 0 heterocycles. The summed E-state index contributed by atoms with van der Waals surface area (Å²) in [6, 6.07) is 9.77. The number of hydrogen-bond acceptors (Lipinski definition) is 2. The van der Waals surface area contributed by atoms with Crippen molar-refractivity contribution in [1.29, 1.82) is 0 Å². The highest BCUT2D eigenvalue weighted by Crippen LogP contribution is 2.23. The monoisotopic (exact) mass is 366 g/mol. The second-order valence-electron chi connectivity index (χ2n) is 4.44. The van der Waals surface area contributed by atoms with E-state index in [0.717, 1.165) is 4.47 Å². The lowest BCUT2D eigenvalue weighted by Crippen LogP contribution is -2.18. The fraction of sp³-hybridized carbons (Fsp3) is 0.0667. The Bertz CT molecular complexity index is 734. The molecule has 0 aliphatic heterocycles. The summed E-state index contributed by atoms with van der Waals surface area (Å²) in [5.41, 5.74) is 6.96. The van der Waals surface area contributed by atoms with Gasteiger partial charge >= 0.3 is 0 Å². The maximum atomic E-state index is 14.0. The molecule has 0 bridgehead atoms. The molecule has 0 saturated carbocycles. The zero-order valence-electron chi connectivity index (χ0n) is 11.1. The van der Waals surface area contributed by atoms with Crippen molar-refractivity contribution in [2.45, 2.75) is 6.92 Å². The number of benzene rings is 2. The first-order valence-electron chi connectivity index (χ1n) is 6.06. The van der Waals surface area contributed by atoms with E-state index < -0.39 is 11.7 Å². The van der Waals surface area contributed by atoms with Gasteiger partial charge in [0.1, 0.15) is 10.8 Å². The molecule has 0 radical (unpaired) electrons. The zero-order valence-corrected chi connectivity index (χ0v) is 13.5. The van der Waals surface area contributed by atoms with Crippen LogP contribution in [0, 0.1) is 12.7 Å². The summed E-state index contributed by atoms with van der Waals surface area (Å²) >= 11 is 8.25. The van der Waals surface area contributed by atoms with E-state index in [1.165, 1.54) is 6.07 Å². The van der Waals surface area contributed by atoms with Gasteiger partial charge in [-0.15, -0.1) is 0 Å². The van der Waals surface area contributed by atoms with Gasteiger partial charge in [-0.05, 0) is 36.8 Å². The number of carbonyl (C=O) groups excluding carboxylic acids is 1. The summed E-state index contributed by atoms with van der Waals surface area (Å²) in [5, 5.41) is 2.64. The molecule has 6 heteroatoms. The number of hydrogen-bond donors (Lipinski definition) is 2. The number of thiocarbonyl (C=S) groups is 1. The van der Waals surface area contributed by atoms with E-state index in [2.05, 4.69) is 21.2 Å². The van der Waals surface area contributed by atoms with Gasteiger partial charge in [0.25, 0.3) is 5.91 Å². The molecule has 0 fully saturated rings. The first kappa shape index (κ1) is 15.6. The summed E-state index contributed by atoms with van der Waals surface area (Å²) in [6.07, 6.45) is 0. The molecule has 108 valence electrons. The van der Waals surface area contributed by atoms with E-state index in [0.29, 0.717) is 16.8 Å². The number of anilines is 1. The average Bonchev–Trinajstić information content (AvgIpc) is 2.41. The van der Waals surface area contributed by atoms with Crippen molar-refractivity contribution in [1.82, 2.24) is 0 Å². The fourth-order valence-corrected chi connectivity index (χ4v) is 2.39.